The quantitative estimate of drug-likeness (QED) is 0.121. The molecule has 0 N–H and O–H groups in total. The van der Waals surface area contributed by atoms with E-state index in [0.29, 0.717) is 0 Å². The molecule has 0 atom stereocenters. The first kappa shape index (κ1) is 49.2. The minimum absolute atomic E-state index is 1.08. The van der Waals surface area contributed by atoms with Crippen LogP contribution in [0.15, 0.2) is 170 Å². The van der Waals surface area contributed by atoms with Crippen LogP contribution >= 0.6 is 0 Å². The van der Waals surface area contributed by atoms with Gasteiger partial charge in [-0.3, -0.25) is 0 Å². The van der Waals surface area contributed by atoms with Gasteiger partial charge in [-0.25, -0.2) is 0 Å². The Morgan fingerprint density at radius 2 is 0.319 bits per heavy atom. The van der Waals surface area contributed by atoms with Crippen molar-refractivity contribution in [1.29, 1.82) is 0 Å². The molecule has 0 aromatic heterocycles. The number of aryl methyl sites for hydroxylation is 14. The molecule has 0 radical (unpaired) electrons. The summed E-state index contributed by atoms with van der Waals surface area (Å²) in [6.45, 7) is 30.9. The molecular weight excluding hydrogens is 873 g/mol. The van der Waals surface area contributed by atoms with E-state index in [-0.39, 0.29) is 0 Å². The second-order valence-corrected chi connectivity index (χ2v) is 20.6. The maximum atomic E-state index is 2.48. The van der Waals surface area contributed by atoms with Crippen molar-refractivity contribution in [3.63, 3.8) is 0 Å². The van der Waals surface area contributed by atoms with Gasteiger partial charge in [0.2, 0.25) is 0 Å². The van der Waals surface area contributed by atoms with E-state index >= 15 is 0 Å². The van der Waals surface area contributed by atoms with Gasteiger partial charge in [0.15, 0.2) is 0 Å². The minimum Gasteiger partial charge on any atom is -0.311 e. The molecule has 362 valence electrons. The highest BCUT2D eigenvalue weighted by Crippen LogP contribution is 2.47. The summed E-state index contributed by atoms with van der Waals surface area (Å²) in [5, 5.41) is 0. The molecule has 9 rings (SSSR count). The average Bonchev–Trinajstić information content (AvgIpc) is 3.32. The van der Waals surface area contributed by atoms with Crippen molar-refractivity contribution in [3.05, 3.63) is 248 Å². The van der Waals surface area contributed by atoms with Gasteiger partial charge in [-0.1, -0.05) is 106 Å². The van der Waals surface area contributed by atoms with Crippen LogP contribution in [0.1, 0.15) is 77.9 Å². The predicted octanol–water partition coefficient (Wildman–Crippen LogP) is 19.9. The summed E-state index contributed by atoms with van der Waals surface area (Å²) in [7, 11) is 0. The number of nitrogens with zero attached hydrogens (tertiary/aromatic N) is 4. The third-order valence-electron chi connectivity index (χ3n) is 14.1. The Morgan fingerprint density at radius 3 is 0.528 bits per heavy atom. The maximum Gasteiger partial charge on any atom is 0.0520 e. The fourth-order valence-corrected chi connectivity index (χ4v) is 11.4. The van der Waals surface area contributed by atoms with Crippen LogP contribution in [0.3, 0.4) is 0 Å². The number of rotatable bonds is 12. The van der Waals surface area contributed by atoms with E-state index in [1.165, 1.54) is 101 Å². The molecule has 0 amide bonds. The first-order valence-corrected chi connectivity index (χ1v) is 25.4. The van der Waals surface area contributed by atoms with E-state index in [0.717, 1.165) is 45.5 Å². The second kappa shape index (κ2) is 20.1. The molecule has 0 heterocycles. The highest BCUT2D eigenvalue weighted by atomic mass is 15.2. The van der Waals surface area contributed by atoms with Gasteiger partial charge in [-0.2, -0.15) is 0 Å². The lowest BCUT2D eigenvalue weighted by Crippen LogP contribution is -2.17. The highest BCUT2D eigenvalue weighted by Gasteiger charge is 2.24. The zero-order valence-electron chi connectivity index (χ0n) is 45.0. The van der Waals surface area contributed by atoms with Gasteiger partial charge in [-0.05, 0) is 239 Å². The van der Waals surface area contributed by atoms with Crippen molar-refractivity contribution in [2.45, 2.75) is 96.9 Å². The van der Waals surface area contributed by atoms with Gasteiger partial charge in [0.1, 0.15) is 0 Å². The van der Waals surface area contributed by atoms with Crippen LogP contribution in [0.2, 0.25) is 0 Å². The monoisotopic (exact) mass is 943 g/mol. The molecule has 4 nitrogen and oxygen atoms in total. The fourth-order valence-electron chi connectivity index (χ4n) is 11.4. The molecule has 0 bridgehead atoms. The standard InChI is InChI=1S/C68H70N4/c1-43-15-19-57(20-16-43)69(58-23-27-61(28-24-58)70(60-21-17-44(2)18-22-60)65-49(7)35-45(3)36-50(65)8)59-25-29-62(30-26-59)71(66-51(9)37-46(4)38-52(66)10)63-31-33-64(34-32-63)72(67-53(11)39-47(5)40-54(67)12)68-55(13)41-48(6)42-56(68)14/h15-42H,1-14H3. The molecule has 9 aromatic rings. The lowest BCUT2D eigenvalue weighted by Gasteiger charge is -2.33. The number of hydrogen-bond acceptors (Lipinski definition) is 4. The van der Waals surface area contributed by atoms with Gasteiger partial charge >= 0.3 is 0 Å². The average molecular weight is 943 g/mol. The summed E-state index contributed by atoms with van der Waals surface area (Å²) in [6, 6.07) is 63.5. The molecule has 0 saturated heterocycles. The number of hydrogen-bond donors (Lipinski definition) is 0. The van der Waals surface area contributed by atoms with E-state index in [9.17, 15) is 0 Å². The SMILES string of the molecule is Cc1ccc(N(c2ccc(N(c3ccc(C)cc3)c3c(C)cc(C)cc3C)cc2)c2ccc(N(c3ccc(N(c4c(C)cc(C)cc4C)c4c(C)cc(C)cc4C)cc3)c3c(C)cc(C)cc3C)cc2)cc1. The van der Waals surface area contributed by atoms with Crippen LogP contribution in [0.5, 0.6) is 0 Å². The van der Waals surface area contributed by atoms with Crippen LogP contribution in [0.4, 0.5) is 68.2 Å². The van der Waals surface area contributed by atoms with E-state index < -0.39 is 0 Å². The van der Waals surface area contributed by atoms with Crippen LogP contribution in [0, 0.1) is 96.9 Å². The Bertz CT molecular complexity index is 3270. The first-order chi connectivity index (χ1) is 34.4. The zero-order chi connectivity index (χ0) is 51.1. The zero-order valence-corrected chi connectivity index (χ0v) is 45.0. The van der Waals surface area contributed by atoms with Crippen molar-refractivity contribution in [2.75, 3.05) is 19.6 Å². The molecule has 0 spiro atoms. The summed E-state index contributed by atoms with van der Waals surface area (Å²) in [5.41, 5.74) is 31.2. The summed E-state index contributed by atoms with van der Waals surface area (Å²) in [6.07, 6.45) is 0. The third-order valence-corrected chi connectivity index (χ3v) is 14.1. The molecule has 72 heavy (non-hydrogen) atoms. The van der Waals surface area contributed by atoms with Crippen molar-refractivity contribution in [1.82, 2.24) is 0 Å². The molecule has 0 unspecified atom stereocenters. The van der Waals surface area contributed by atoms with E-state index in [4.69, 9.17) is 0 Å². The molecular formula is C68H70N4. The predicted molar refractivity (Wildman–Crippen MR) is 311 cm³/mol. The molecule has 0 aliphatic heterocycles. The van der Waals surface area contributed by atoms with Crippen molar-refractivity contribution in [2.24, 2.45) is 0 Å². The highest BCUT2D eigenvalue weighted by molar-refractivity contribution is 5.88. The van der Waals surface area contributed by atoms with Gasteiger partial charge in [0.05, 0.1) is 22.7 Å². The largest absolute Gasteiger partial charge is 0.311 e. The first-order valence-electron chi connectivity index (χ1n) is 25.4. The minimum atomic E-state index is 1.08. The van der Waals surface area contributed by atoms with Gasteiger partial charge < -0.3 is 19.6 Å². The third kappa shape index (κ3) is 9.79. The van der Waals surface area contributed by atoms with Crippen LogP contribution < -0.4 is 19.6 Å². The van der Waals surface area contributed by atoms with Crippen molar-refractivity contribution in [3.8, 4) is 0 Å². The molecule has 9 aromatic carbocycles. The fraction of sp³-hybridized carbons (Fsp3) is 0.206. The molecule has 4 heteroatoms. The Hall–Kier alpha value is -7.82. The van der Waals surface area contributed by atoms with Crippen LogP contribution in [-0.2, 0) is 0 Å². The van der Waals surface area contributed by atoms with Crippen molar-refractivity contribution < 1.29 is 0 Å². The van der Waals surface area contributed by atoms with Crippen LogP contribution in [0.25, 0.3) is 0 Å². The van der Waals surface area contributed by atoms with E-state index in [2.05, 4.69) is 286 Å². The molecule has 0 saturated carbocycles. The Kier molecular flexibility index (Phi) is 13.7. The Labute approximate surface area is 430 Å². The lowest BCUT2D eigenvalue weighted by molar-refractivity contribution is 1.16. The molecule has 0 aliphatic carbocycles. The van der Waals surface area contributed by atoms with Gasteiger partial charge in [0, 0.05) is 45.5 Å². The number of benzene rings is 9. The number of anilines is 12. The normalized spacial score (nSPS) is 11.2. The van der Waals surface area contributed by atoms with Gasteiger partial charge in [0.25, 0.3) is 0 Å². The van der Waals surface area contributed by atoms with Crippen LogP contribution in [-0.4, -0.2) is 0 Å². The smallest absolute Gasteiger partial charge is 0.0520 e. The Balaban J connectivity index is 1.14. The Morgan fingerprint density at radius 1 is 0.167 bits per heavy atom. The molecule has 0 fully saturated rings. The maximum absolute atomic E-state index is 2.48. The van der Waals surface area contributed by atoms with E-state index in [1.54, 1.807) is 0 Å². The topological polar surface area (TPSA) is 13.0 Å². The molecule has 0 aliphatic rings. The van der Waals surface area contributed by atoms with Gasteiger partial charge in [-0.15, -0.1) is 0 Å². The van der Waals surface area contributed by atoms with E-state index in [1.807, 2.05) is 0 Å². The lowest BCUT2D eigenvalue weighted by atomic mass is 9.98. The summed E-state index contributed by atoms with van der Waals surface area (Å²) < 4.78 is 0. The van der Waals surface area contributed by atoms with Crippen molar-refractivity contribution >= 4 is 68.2 Å². The summed E-state index contributed by atoms with van der Waals surface area (Å²) in [4.78, 5) is 9.69. The second-order valence-electron chi connectivity index (χ2n) is 20.6. The summed E-state index contributed by atoms with van der Waals surface area (Å²) in [5.74, 6) is 0. The summed E-state index contributed by atoms with van der Waals surface area (Å²) >= 11 is 0.